The third-order valence-corrected chi connectivity index (χ3v) is 2.60. The van der Waals surface area contributed by atoms with Crippen molar-refractivity contribution in [2.75, 3.05) is 7.11 Å². The number of carboxylic acids is 1. The zero-order valence-corrected chi connectivity index (χ0v) is 9.74. The number of aromatic nitrogens is 1. The zero-order chi connectivity index (χ0) is 12.4. The fraction of sp³-hybridized carbons (Fsp3) is 0.231. The maximum absolute atomic E-state index is 10.6. The van der Waals surface area contributed by atoms with E-state index in [1.54, 1.807) is 13.2 Å². The number of nitrogens with one attached hydrogen (secondary N) is 1. The molecule has 0 radical (unpaired) electrons. The zero-order valence-electron chi connectivity index (χ0n) is 9.74. The number of benzene rings is 1. The first-order valence-corrected chi connectivity index (χ1v) is 5.29. The van der Waals surface area contributed by atoms with E-state index < -0.39 is 5.97 Å². The molecule has 4 heteroatoms. The molecule has 2 rings (SSSR count). The second-order valence-electron chi connectivity index (χ2n) is 3.96. The predicted molar refractivity (Wildman–Crippen MR) is 60.5 cm³/mol. The first-order chi connectivity index (χ1) is 8.10. The smallest absolute Gasteiger partial charge is 0.214 e. The molecule has 0 saturated heterocycles. The van der Waals surface area contributed by atoms with E-state index in [0.717, 1.165) is 16.5 Å². The maximum Gasteiger partial charge on any atom is 0.214 e. The van der Waals surface area contributed by atoms with E-state index in [-0.39, 0.29) is 6.42 Å². The van der Waals surface area contributed by atoms with E-state index in [4.69, 9.17) is 4.74 Å². The molecule has 0 bridgehead atoms. The van der Waals surface area contributed by atoms with Crippen LogP contribution in [-0.2, 0) is 11.2 Å². The van der Waals surface area contributed by atoms with Crippen molar-refractivity contribution in [1.29, 1.82) is 0 Å². The Morgan fingerprint density at radius 1 is 1.41 bits per heavy atom. The topological polar surface area (TPSA) is 63.5 Å². The summed E-state index contributed by atoms with van der Waals surface area (Å²) < 4.78 is 5.27. The molecule has 0 unspecified atom stereocenters. The van der Waals surface area contributed by atoms with Gasteiger partial charge in [0.25, 0.3) is 0 Å². The molecule has 0 atom stereocenters. The molecular formula is C13H13NO3. The summed E-state index contributed by atoms with van der Waals surface area (Å²) in [6.07, 6.45) is -0.153. The minimum absolute atomic E-state index is 0.153. The van der Waals surface area contributed by atoms with Gasteiger partial charge in [-0.1, -0.05) is 6.07 Å². The lowest BCUT2D eigenvalue weighted by Gasteiger charge is -2.05. The van der Waals surface area contributed by atoms with Crippen LogP contribution in [0.5, 0.6) is 5.75 Å². The molecule has 4 nitrogen and oxygen atoms in total. The Morgan fingerprint density at radius 2 is 2.18 bits per heavy atom. The summed E-state index contributed by atoms with van der Waals surface area (Å²) in [4.78, 5) is 13.6. The van der Waals surface area contributed by atoms with Crippen LogP contribution in [0.4, 0.5) is 0 Å². The van der Waals surface area contributed by atoms with Crippen LogP contribution in [0.25, 0.3) is 10.9 Å². The molecule has 1 heterocycles. The van der Waals surface area contributed by atoms with Gasteiger partial charge in [0.15, 0.2) is 5.69 Å². The fourth-order valence-electron chi connectivity index (χ4n) is 1.84. The lowest BCUT2D eigenvalue weighted by atomic mass is 10.1. The molecule has 0 amide bonds. The summed E-state index contributed by atoms with van der Waals surface area (Å²) in [5.74, 6) is -0.450. The van der Waals surface area contributed by atoms with Crippen LogP contribution in [0.2, 0.25) is 0 Å². The lowest BCUT2D eigenvalue weighted by Crippen LogP contribution is -2.28. The number of methoxy groups -OCH3 is 1. The van der Waals surface area contributed by atoms with Crippen molar-refractivity contribution in [3.63, 3.8) is 0 Å². The van der Waals surface area contributed by atoms with E-state index in [9.17, 15) is 9.90 Å². The minimum Gasteiger partial charge on any atom is -0.550 e. The van der Waals surface area contributed by atoms with E-state index in [1.165, 1.54) is 0 Å². The Hall–Kier alpha value is -2.10. The summed E-state index contributed by atoms with van der Waals surface area (Å²) in [5, 5.41) is 11.5. The number of fused-ring (bicyclic) bond motifs is 1. The van der Waals surface area contributed by atoms with Gasteiger partial charge in [-0.15, -0.1) is 0 Å². The molecule has 0 aliphatic heterocycles. The molecule has 1 N–H and O–H groups in total. The number of aliphatic carboxylic acids is 1. The summed E-state index contributed by atoms with van der Waals surface area (Å²) in [6.45, 7) is 1.99. The van der Waals surface area contributed by atoms with Gasteiger partial charge in [-0.25, -0.2) is 4.98 Å². The van der Waals surface area contributed by atoms with Gasteiger partial charge in [-0.05, 0) is 18.6 Å². The predicted octanol–water partition coefficient (Wildman–Crippen LogP) is 0.263. The summed E-state index contributed by atoms with van der Waals surface area (Å²) in [5.41, 5.74) is 2.54. The number of hydrogen-bond acceptors (Lipinski definition) is 3. The van der Waals surface area contributed by atoms with Crippen LogP contribution in [0.1, 0.15) is 11.3 Å². The van der Waals surface area contributed by atoms with Crippen LogP contribution in [0.15, 0.2) is 24.3 Å². The standard InChI is InChI=1S/C13H13NO3/c1-8-3-4-11-10(5-8)12(17-2)6-9(14-11)7-13(15)16/h3-6H,7H2,1-2H3,(H,15,16). The third kappa shape index (κ3) is 2.36. The number of rotatable bonds is 3. The maximum atomic E-state index is 10.6. The van der Waals surface area contributed by atoms with Crippen molar-refractivity contribution < 1.29 is 19.6 Å². The van der Waals surface area contributed by atoms with Crippen LogP contribution >= 0.6 is 0 Å². The minimum atomic E-state index is -1.12. The number of carbonyl (C=O) groups excluding carboxylic acids is 1. The van der Waals surface area contributed by atoms with E-state index in [1.807, 2.05) is 25.1 Å². The number of aromatic amines is 1. The Morgan fingerprint density at radius 3 is 2.82 bits per heavy atom. The molecule has 0 aliphatic rings. The number of H-pyrrole nitrogens is 1. The van der Waals surface area contributed by atoms with Crippen molar-refractivity contribution >= 4 is 16.9 Å². The van der Waals surface area contributed by atoms with Crippen molar-refractivity contribution in [2.45, 2.75) is 13.3 Å². The van der Waals surface area contributed by atoms with Crippen LogP contribution in [0, 0.1) is 6.92 Å². The fourth-order valence-corrected chi connectivity index (χ4v) is 1.84. The summed E-state index contributed by atoms with van der Waals surface area (Å²) in [6, 6.07) is 7.55. The number of hydrogen-bond donors (Lipinski definition) is 0. The molecule has 17 heavy (non-hydrogen) atoms. The van der Waals surface area contributed by atoms with Crippen LogP contribution < -0.4 is 14.8 Å². The lowest BCUT2D eigenvalue weighted by molar-refractivity contribution is -0.362. The summed E-state index contributed by atoms with van der Waals surface area (Å²) >= 11 is 0. The highest BCUT2D eigenvalue weighted by Gasteiger charge is 2.12. The molecule has 0 fully saturated rings. The van der Waals surface area contributed by atoms with Gasteiger partial charge >= 0.3 is 0 Å². The number of pyridine rings is 1. The van der Waals surface area contributed by atoms with Gasteiger partial charge < -0.3 is 14.6 Å². The second kappa shape index (κ2) is 4.41. The van der Waals surface area contributed by atoms with Gasteiger partial charge in [-0.2, -0.15) is 0 Å². The van der Waals surface area contributed by atoms with E-state index in [2.05, 4.69) is 4.98 Å². The molecule has 0 spiro atoms. The molecular weight excluding hydrogens is 218 g/mol. The van der Waals surface area contributed by atoms with Crippen molar-refractivity contribution in [1.82, 2.24) is 0 Å². The van der Waals surface area contributed by atoms with E-state index >= 15 is 0 Å². The normalized spacial score (nSPS) is 10.5. The number of carboxylic acid groups (broad SMARTS) is 1. The second-order valence-corrected chi connectivity index (χ2v) is 3.96. The van der Waals surface area contributed by atoms with Gasteiger partial charge in [0.05, 0.1) is 24.9 Å². The Kier molecular flexibility index (Phi) is 2.95. The largest absolute Gasteiger partial charge is 0.550 e. The summed E-state index contributed by atoms with van der Waals surface area (Å²) in [7, 11) is 1.57. The van der Waals surface area contributed by atoms with E-state index in [0.29, 0.717) is 11.4 Å². The Bertz CT molecular complexity index is 578. The number of carbonyl (C=O) groups is 1. The first kappa shape index (κ1) is 11.4. The molecule has 0 aliphatic carbocycles. The highest BCUT2D eigenvalue weighted by molar-refractivity contribution is 5.83. The highest BCUT2D eigenvalue weighted by atomic mass is 16.5. The SMILES string of the molecule is COc1cc(CC(=O)[O-])[nH+]c2ccc(C)cc12. The van der Waals surface area contributed by atoms with Gasteiger partial charge in [0, 0.05) is 12.1 Å². The molecule has 1 aromatic carbocycles. The molecule has 88 valence electrons. The Labute approximate surface area is 98.9 Å². The average Bonchev–Trinajstić information content (AvgIpc) is 2.27. The first-order valence-electron chi connectivity index (χ1n) is 5.29. The van der Waals surface area contributed by atoms with Crippen molar-refractivity contribution in [3.8, 4) is 5.75 Å². The highest BCUT2D eigenvalue weighted by Crippen LogP contribution is 2.24. The molecule has 1 aromatic heterocycles. The molecule has 2 aromatic rings. The van der Waals surface area contributed by atoms with Crippen molar-refractivity contribution in [2.24, 2.45) is 0 Å². The Balaban J connectivity index is 2.61. The number of ether oxygens (including phenoxy) is 1. The third-order valence-electron chi connectivity index (χ3n) is 2.60. The van der Waals surface area contributed by atoms with Crippen molar-refractivity contribution in [3.05, 3.63) is 35.5 Å². The monoisotopic (exact) mass is 231 g/mol. The quantitative estimate of drug-likeness (QED) is 0.761. The van der Waals surface area contributed by atoms with Crippen LogP contribution in [0.3, 0.4) is 0 Å². The van der Waals surface area contributed by atoms with Gasteiger partial charge in [0.1, 0.15) is 5.75 Å². The molecule has 0 saturated carbocycles. The van der Waals surface area contributed by atoms with Crippen LogP contribution in [-0.4, -0.2) is 13.1 Å². The van der Waals surface area contributed by atoms with Gasteiger partial charge in [-0.3, -0.25) is 0 Å². The average molecular weight is 231 g/mol. The number of aryl methyl sites for hydroxylation is 1. The van der Waals surface area contributed by atoms with Gasteiger partial charge in [0.2, 0.25) is 5.52 Å².